The fourth-order valence-corrected chi connectivity index (χ4v) is 3.59. The minimum absolute atomic E-state index is 0.265. The number of carbonyl (C=O) groups is 3. The van der Waals surface area contributed by atoms with Crippen molar-refractivity contribution in [1.29, 1.82) is 5.26 Å². The Kier molecular flexibility index (Phi) is 8.10. The number of amides is 2. The molecule has 0 spiro atoms. The predicted molar refractivity (Wildman–Crippen MR) is 129 cm³/mol. The monoisotopic (exact) mass is 476 g/mol. The molecule has 1 aromatic carbocycles. The Morgan fingerprint density at radius 3 is 2.43 bits per heavy atom. The molecule has 3 rings (SSSR count). The first-order valence-electron chi connectivity index (χ1n) is 11.2. The van der Waals surface area contributed by atoms with E-state index >= 15 is 0 Å². The second-order valence-electron chi connectivity index (χ2n) is 8.43. The Morgan fingerprint density at radius 2 is 1.83 bits per heavy atom. The van der Waals surface area contributed by atoms with Crippen LogP contribution in [0.25, 0.3) is 0 Å². The van der Waals surface area contributed by atoms with Crippen molar-refractivity contribution in [3.05, 3.63) is 76.9 Å². The van der Waals surface area contributed by atoms with Crippen LogP contribution in [0.4, 0.5) is 5.82 Å². The number of carbonyl (C=O) groups excluding carboxylic acids is 3. The molecule has 9 nitrogen and oxygen atoms in total. The molecule has 1 atom stereocenters. The molecule has 2 N–H and O–H groups in total. The first-order valence-corrected chi connectivity index (χ1v) is 11.2. The highest BCUT2D eigenvalue weighted by atomic mass is 16.5. The lowest BCUT2D eigenvalue weighted by molar-refractivity contribution is -0.150. The van der Waals surface area contributed by atoms with Crippen LogP contribution < -0.4 is 10.6 Å². The summed E-state index contributed by atoms with van der Waals surface area (Å²) in [7, 11) is 0. The molecule has 9 heteroatoms. The Morgan fingerprint density at radius 1 is 1.11 bits per heavy atom. The molecule has 182 valence electrons. The number of ether oxygens (including phenoxy) is 1. The van der Waals surface area contributed by atoms with E-state index in [1.54, 1.807) is 74.1 Å². The molecular formula is C26H28N4O5. The summed E-state index contributed by atoms with van der Waals surface area (Å²) in [5, 5.41) is 15.0. The van der Waals surface area contributed by atoms with Crippen molar-refractivity contribution in [3.8, 4) is 6.07 Å². The van der Waals surface area contributed by atoms with Crippen LogP contribution >= 0.6 is 0 Å². The van der Waals surface area contributed by atoms with Crippen molar-refractivity contribution in [2.24, 2.45) is 5.92 Å². The van der Waals surface area contributed by atoms with Crippen LogP contribution in [0.5, 0.6) is 0 Å². The zero-order valence-corrected chi connectivity index (χ0v) is 20.1. The zero-order valence-electron chi connectivity index (χ0n) is 20.1. The van der Waals surface area contributed by atoms with E-state index in [2.05, 4.69) is 16.7 Å². The van der Waals surface area contributed by atoms with Gasteiger partial charge in [0.05, 0.1) is 18.4 Å². The van der Waals surface area contributed by atoms with Gasteiger partial charge < -0.3 is 24.4 Å². The highest BCUT2D eigenvalue weighted by molar-refractivity contribution is 5.97. The van der Waals surface area contributed by atoms with Crippen LogP contribution in [0.3, 0.4) is 0 Å². The third-order valence-electron chi connectivity index (χ3n) is 5.68. The van der Waals surface area contributed by atoms with Crippen LogP contribution in [-0.4, -0.2) is 35.0 Å². The highest BCUT2D eigenvalue weighted by Gasteiger charge is 2.27. The molecule has 0 aliphatic carbocycles. The van der Waals surface area contributed by atoms with Gasteiger partial charge in [0.25, 0.3) is 11.8 Å². The van der Waals surface area contributed by atoms with E-state index in [-0.39, 0.29) is 5.92 Å². The number of anilines is 1. The zero-order chi connectivity index (χ0) is 25.5. The third-order valence-corrected chi connectivity index (χ3v) is 5.68. The average molecular weight is 477 g/mol. The van der Waals surface area contributed by atoms with E-state index in [4.69, 9.17) is 9.15 Å². The molecule has 1 unspecified atom stereocenters. The van der Waals surface area contributed by atoms with Gasteiger partial charge in [0.2, 0.25) is 0 Å². The molecule has 0 bridgehead atoms. The standard InChI is InChI=1S/C26H28N4O5/c1-16(2)23(29-25(32)19-9-6-5-7-10-19)26(33)35-15-22(31)28-24-21(13-27)17(3)18(4)30(24)14-20-11-8-12-34-20/h5-12,16,23H,14-15H2,1-4H3,(H,28,31)(H,29,32). The van der Waals surface area contributed by atoms with Gasteiger partial charge in [-0.3, -0.25) is 9.59 Å². The smallest absolute Gasteiger partial charge is 0.329 e. The third kappa shape index (κ3) is 5.98. The Hall–Kier alpha value is -4.32. The number of benzene rings is 1. The van der Waals surface area contributed by atoms with Crippen molar-refractivity contribution in [2.45, 2.75) is 40.3 Å². The molecular weight excluding hydrogens is 448 g/mol. The molecule has 0 saturated heterocycles. The van der Waals surface area contributed by atoms with E-state index in [0.717, 1.165) is 11.3 Å². The van der Waals surface area contributed by atoms with E-state index in [1.807, 2.05) is 6.92 Å². The largest absolute Gasteiger partial charge is 0.467 e. The maximum absolute atomic E-state index is 12.7. The lowest BCUT2D eigenvalue weighted by Crippen LogP contribution is -2.46. The number of rotatable bonds is 9. The number of hydrogen-bond acceptors (Lipinski definition) is 6. The molecule has 0 radical (unpaired) electrons. The Labute approximate surface area is 203 Å². The molecule has 2 amide bonds. The number of esters is 1. The maximum atomic E-state index is 12.7. The van der Waals surface area contributed by atoms with Gasteiger partial charge in [-0.1, -0.05) is 32.0 Å². The minimum Gasteiger partial charge on any atom is -0.467 e. The second kappa shape index (κ2) is 11.2. The summed E-state index contributed by atoms with van der Waals surface area (Å²) in [6, 6.07) is 13.3. The molecule has 35 heavy (non-hydrogen) atoms. The van der Waals surface area contributed by atoms with Crippen molar-refractivity contribution in [2.75, 3.05) is 11.9 Å². The fraction of sp³-hybridized carbons (Fsp3) is 0.308. The van der Waals surface area contributed by atoms with Crippen molar-refractivity contribution in [3.63, 3.8) is 0 Å². The van der Waals surface area contributed by atoms with Gasteiger partial charge in [0.15, 0.2) is 6.61 Å². The topological polar surface area (TPSA) is 126 Å². The Bertz CT molecular complexity index is 1240. The van der Waals surface area contributed by atoms with E-state index < -0.39 is 30.4 Å². The number of nitriles is 1. The number of aromatic nitrogens is 1. The molecule has 0 aliphatic rings. The van der Waals surface area contributed by atoms with E-state index in [0.29, 0.717) is 29.2 Å². The van der Waals surface area contributed by atoms with Gasteiger partial charge in [0.1, 0.15) is 23.7 Å². The predicted octanol–water partition coefficient (Wildman–Crippen LogP) is 3.55. The summed E-state index contributed by atoms with van der Waals surface area (Å²) < 4.78 is 12.4. The van der Waals surface area contributed by atoms with Crippen LogP contribution in [0.1, 0.15) is 46.8 Å². The van der Waals surface area contributed by atoms with E-state index in [9.17, 15) is 19.6 Å². The fourth-order valence-electron chi connectivity index (χ4n) is 3.59. The SMILES string of the molecule is Cc1c(C#N)c(NC(=O)COC(=O)C(NC(=O)c2ccccc2)C(C)C)n(Cc2ccco2)c1C. The first-order chi connectivity index (χ1) is 16.7. The van der Waals surface area contributed by atoms with Gasteiger partial charge in [0, 0.05) is 11.3 Å². The summed E-state index contributed by atoms with van der Waals surface area (Å²) in [5.74, 6) is -1.05. The van der Waals surface area contributed by atoms with Crippen LogP contribution in [0, 0.1) is 31.1 Å². The quantitative estimate of drug-likeness (QED) is 0.455. The highest BCUT2D eigenvalue weighted by Crippen LogP contribution is 2.27. The number of nitrogens with zero attached hydrogens (tertiary/aromatic N) is 2. The molecule has 3 aromatic rings. The number of furan rings is 1. The molecule has 0 aliphatic heterocycles. The normalized spacial score (nSPS) is 11.5. The lowest BCUT2D eigenvalue weighted by Gasteiger charge is -2.21. The summed E-state index contributed by atoms with van der Waals surface area (Å²) in [6.45, 7) is 6.92. The summed E-state index contributed by atoms with van der Waals surface area (Å²) in [6.07, 6.45) is 1.55. The van der Waals surface area contributed by atoms with Crippen molar-refractivity contribution in [1.82, 2.24) is 9.88 Å². The van der Waals surface area contributed by atoms with Gasteiger partial charge >= 0.3 is 5.97 Å². The van der Waals surface area contributed by atoms with Crippen LogP contribution in [0.15, 0.2) is 53.1 Å². The van der Waals surface area contributed by atoms with Gasteiger partial charge in [-0.2, -0.15) is 5.26 Å². The Balaban J connectivity index is 1.68. The van der Waals surface area contributed by atoms with Gasteiger partial charge in [-0.25, -0.2) is 4.79 Å². The number of hydrogen-bond donors (Lipinski definition) is 2. The number of nitrogens with one attached hydrogen (secondary N) is 2. The second-order valence-corrected chi connectivity index (χ2v) is 8.43. The summed E-state index contributed by atoms with van der Waals surface area (Å²) in [4.78, 5) is 37.8. The van der Waals surface area contributed by atoms with Gasteiger partial charge in [-0.05, 0) is 49.6 Å². The molecule has 2 aromatic heterocycles. The van der Waals surface area contributed by atoms with Crippen molar-refractivity contribution >= 4 is 23.6 Å². The van der Waals surface area contributed by atoms with Gasteiger partial charge in [-0.15, -0.1) is 0 Å². The average Bonchev–Trinajstić information content (AvgIpc) is 3.44. The molecule has 2 heterocycles. The first kappa shape index (κ1) is 25.3. The van der Waals surface area contributed by atoms with Crippen molar-refractivity contribution < 1.29 is 23.5 Å². The maximum Gasteiger partial charge on any atom is 0.329 e. The van der Waals surface area contributed by atoms with E-state index in [1.165, 1.54) is 0 Å². The molecule has 0 saturated carbocycles. The summed E-state index contributed by atoms with van der Waals surface area (Å²) >= 11 is 0. The van der Waals surface area contributed by atoms with Crippen LogP contribution in [-0.2, 0) is 20.9 Å². The summed E-state index contributed by atoms with van der Waals surface area (Å²) in [5.41, 5.74) is 2.27. The molecule has 0 fully saturated rings. The minimum atomic E-state index is -0.933. The van der Waals surface area contributed by atoms with Crippen LogP contribution in [0.2, 0.25) is 0 Å². The lowest BCUT2D eigenvalue weighted by atomic mass is 10.0.